The molecule has 0 saturated heterocycles. The van der Waals surface area contributed by atoms with E-state index in [1.54, 1.807) is 38.5 Å². The minimum Gasteiger partial charge on any atom is -0.497 e. The van der Waals surface area contributed by atoms with Crippen molar-refractivity contribution in [2.45, 2.75) is 6.92 Å². The molecular weight excluding hydrogens is 318 g/mol. The van der Waals surface area contributed by atoms with E-state index in [0.29, 0.717) is 28.6 Å². The van der Waals surface area contributed by atoms with Gasteiger partial charge in [-0.3, -0.25) is 9.89 Å². The quantitative estimate of drug-likeness (QED) is 0.745. The van der Waals surface area contributed by atoms with Gasteiger partial charge in [0.1, 0.15) is 17.2 Å². The number of aromatic amines is 1. The summed E-state index contributed by atoms with van der Waals surface area (Å²) in [5, 5.41) is 9.79. The minimum absolute atomic E-state index is 0.291. The molecule has 2 aromatic carbocycles. The minimum atomic E-state index is -0.291. The van der Waals surface area contributed by atoms with E-state index < -0.39 is 0 Å². The van der Waals surface area contributed by atoms with Crippen molar-refractivity contribution < 1.29 is 14.3 Å². The Morgan fingerprint density at radius 2 is 1.64 bits per heavy atom. The second-order valence-corrected chi connectivity index (χ2v) is 5.59. The lowest BCUT2D eigenvalue weighted by Crippen LogP contribution is -2.12. The molecule has 6 heteroatoms. The molecule has 0 aliphatic carbocycles. The summed E-state index contributed by atoms with van der Waals surface area (Å²) in [6.07, 6.45) is 0. The molecule has 1 aromatic heterocycles. The third-order valence-corrected chi connectivity index (χ3v) is 3.78. The highest BCUT2D eigenvalue weighted by molar-refractivity contribution is 6.03. The normalized spacial score (nSPS) is 10.4. The number of benzene rings is 2. The maximum atomic E-state index is 12.4. The molecule has 0 spiro atoms. The number of nitrogens with zero attached hydrogens (tertiary/aromatic N) is 1. The van der Waals surface area contributed by atoms with Gasteiger partial charge in [-0.05, 0) is 13.0 Å². The summed E-state index contributed by atoms with van der Waals surface area (Å²) in [6.45, 7) is 2.02. The van der Waals surface area contributed by atoms with Crippen LogP contribution in [0.1, 0.15) is 16.1 Å². The van der Waals surface area contributed by atoms with Crippen molar-refractivity contribution in [1.29, 1.82) is 0 Å². The van der Waals surface area contributed by atoms with Crippen molar-refractivity contribution in [3.63, 3.8) is 0 Å². The van der Waals surface area contributed by atoms with Crippen LogP contribution in [0, 0.1) is 6.92 Å². The molecule has 0 bridgehead atoms. The number of ether oxygens (including phenoxy) is 2. The number of hydrogen-bond donors (Lipinski definition) is 2. The number of carbonyl (C=O) groups excluding carboxylic acids is 1. The van der Waals surface area contributed by atoms with Crippen molar-refractivity contribution >= 4 is 11.6 Å². The number of H-pyrrole nitrogens is 1. The molecule has 1 heterocycles. The van der Waals surface area contributed by atoms with Crippen molar-refractivity contribution in [1.82, 2.24) is 10.2 Å². The van der Waals surface area contributed by atoms with Crippen LogP contribution in [0.4, 0.5) is 5.69 Å². The number of aryl methyl sites for hydroxylation is 1. The molecule has 0 radical (unpaired) electrons. The van der Waals surface area contributed by atoms with Gasteiger partial charge in [0.15, 0.2) is 0 Å². The fourth-order valence-corrected chi connectivity index (χ4v) is 2.39. The fourth-order valence-electron chi connectivity index (χ4n) is 2.39. The highest BCUT2D eigenvalue weighted by atomic mass is 16.5. The Morgan fingerprint density at radius 1 is 1.00 bits per heavy atom. The molecule has 2 N–H and O–H groups in total. The lowest BCUT2D eigenvalue weighted by Gasteiger charge is -2.09. The number of anilines is 1. The van der Waals surface area contributed by atoms with Crippen molar-refractivity contribution in [3.8, 4) is 22.8 Å². The van der Waals surface area contributed by atoms with Gasteiger partial charge in [0, 0.05) is 29.4 Å². The summed E-state index contributed by atoms with van der Waals surface area (Å²) in [7, 11) is 3.12. The second-order valence-electron chi connectivity index (χ2n) is 5.59. The molecule has 1 amide bonds. The van der Waals surface area contributed by atoms with E-state index in [1.807, 2.05) is 31.2 Å². The Bertz CT molecular complexity index is 863. The van der Waals surface area contributed by atoms with E-state index >= 15 is 0 Å². The van der Waals surface area contributed by atoms with Crippen LogP contribution < -0.4 is 14.8 Å². The number of rotatable bonds is 5. The molecule has 0 aliphatic rings. The Hall–Kier alpha value is -3.28. The van der Waals surface area contributed by atoms with E-state index in [2.05, 4.69) is 15.5 Å². The molecule has 25 heavy (non-hydrogen) atoms. The van der Waals surface area contributed by atoms with Crippen LogP contribution in [0.25, 0.3) is 11.3 Å². The van der Waals surface area contributed by atoms with Gasteiger partial charge in [-0.25, -0.2) is 0 Å². The summed E-state index contributed by atoms with van der Waals surface area (Å²) in [5.74, 6) is 0.903. The van der Waals surface area contributed by atoms with Crippen LogP contribution in [-0.4, -0.2) is 30.3 Å². The smallest absolute Gasteiger partial charge is 0.273 e. The highest BCUT2D eigenvalue weighted by Gasteiger charge is 2.12. The van der Waals surface area contributed by atoms with Crippen LogP contribution in [-0.2, 0) is 0 Å². The number of amides is 1. The van der Waals surface area contributed by atoms with Gasteiger partial charge in [0.05, 0.1) is 19.9 Å². The molecule has 6 nitrogen and oxygen atoms in total. The molecule has 0 aliphatic heterocycles. The molecule has 3 aromatic rings. The predicted molar refractivity (Wildman–Crippen MR) is 96.3 cm³/mol. The summed E-state index contributed by atoms with van der Waals surface area (Å²) in [6, 6.07) is 14.9. The molecule has 128 valence electrons. The number of methoxy groups -OCH3 is 2. The van der Waals surface area contributed by atoms with Crippen molar-refractivity contribution in [2.75, 3.05) is 19.5 Å². The van der Waals surface area contributed by atoms with Crippen LogP contribution in [0.3, 0.4) is 0 Å². The lowest BCUT2D eigenvalue weighted by atomic mass is 10.1. The zero-order valence-electron chi connectivity index (χ0n) is 14.3. The van der Waals surface area contributed by atoms with Gasteiger partial charge in [0.2, 0.25) is 0 Å². The molecular formula is C19H19N3O3. The fraction of sp³-hybridized carbons (Fsp3) is 0.158. The Labute approximate surface area is 145 Å². The van der Waals surface area contributed by atoms with Gasteiger partial charge in [-0.2, -0.15) is 5.10 Å². The molecule has 0 atom stereocenters. The summed E-state index contributed by atoms with van der Waals surface area (Å²) in [4.78, 5) is 12.4. The first-order chi connectivity index (χ1) is 12.1. The van der Waals surface area contributed by atoms with Crippen LogP contribution in [0.15, 0.2) is 48.5 Å². The monoisotopic (exact) mass is 337 g/mol. The third-order valence-electron chi connectivity index (χ3n) is 3.78. The zero-order valence-corrected chi connectivity index (χ0v) is 14.3. The first-order valence-electron chi connectivity index (χ1n) is 7.76. The number of carbonyl (C=O) groups is 1. The van der Waals surface area contributed by atoms with E-state index in [4.69, 9.17) is 9.47 Å². The van der Waals surface area contributed by atoms with Gasteiger partial charge in [-0.15, -0.1) is 0 Å². The van der Waals surface area contributed by atoms with Gasteiger partial charge in [0.25, 0.3) is 5.91 Å². The standard InChI is InChI=1S/C19H19N3O3/c1-12-4-6-13(7-5-12)17-11-18(22-21-17)19(23)20-14-8-15(24-2)10-16(9-14)25-3/h4-11H,1-3H3,(H,20,23)(H,21,22). The average Bonchev–Trinajstić information content (AvgIpc) is 3.12. The Kier molecular flexibility index (Phi) is 4.70. The maximum absolute atomic E-state index is 12.4. The lowest BCUT2D eigenvalue weighted by molar-refractivity contribution is 0.102. The first-order valence-corrected chi connectivity index (χ1v) is 7.76. The van der Waals surface area contributed by atoms with Crippen LogP contribution >= 0.6 is 0 Å². The zero-order chi connectivity index (χ0) is 17.8. The average molecular weight is 337 g/mol. The van der Waals surface area contributed by atoms with E-state index in [-0.39, 0.29) is 5.91 Å². The SMILES string of the molecule is COc1cc(NC(=O)c2cc(-c3ccc(C)cc3)n[nH]2)cc(OC)c1. The molecule has 0 unspecified atom stereocenters. The Morgan fingerprint density at radius 3 is 2.24 bits per heavy atom. The summed E-state index contributed by atoms with van der Waals surface area (Å²) >= 11 is 0. The van der Waals surface area contributed by atoms with Crippen LogP contribution in [0.2, 0.25) is 0 Å². The molecule has 3 rings (SSSR count). The highest BCUT2D eigenvalue weighted by Crippen LogP contribution is 2.26. The maximum Gasteiger partial charge on any atom is 0.273 e. The number of aromatic nitrogens is 2. The molecule has 0 fully saturated rings. The van der Waals surface area contributed by atoms with E-state index in [0.717, 1.165) is 5.56 Å². The third kappa shape index (κ3) is 3.80. The molecule has 0 saturated carbocycles. The summed E-state index contributed by atoms with van der Waals surface area (Å²) < 4.78 is 10.4. The largest absolute Gasteiger partial charge is 0.497 e. The number of nitrogens with one attached hydrogen (secondary N) is 2. The van der Waals surface area contributed by atoms with Crippen molar-refractivity contribution in [2.24, 2.45) is 0 Å². The van der Waals surface area contributed by atoms with Crippen molar-refractivity contribution in [3.05, 3.63) is 59.8 Å². The second kappa shape index (κ2) is 7.09. The van der Waals surface area contributed by atoms with Gasteiger partial charge < -0.3 is 14.8 Å². The first kappa shape index (κ1) is 16.6. The van der Waals surface area contributed by atoms with Gasteiger partial charge >= 0.3 is 0 Å². The van der Waals surface area contributed by atoms with Crippen LogP contribution in [0.5, 0.6) is 11.5 Å². The summed E-state index contributed by atoms with van der Waals surface area (Å²) in [5.41, 5.74) is 3.78. The predicted octanol–water partition coefficient (Wildman–Crippen LogP) is 3.65. The Balaban J connectivity index is 1.79. The van der Waals surface area contributed by atoms with E-state index in [1.165, 1.54) is 5.56 Å². The van der Waals surface area contributed by atoms with E-state index in [9.17, 15) is 4.79 Å². The van der Waals surface area contributed by atoms with Gasteiger partial charge in [-0.1, -0.05) is 29.8 Å². The number of hydrogen-bond acceptors (Lipinski definition) is 4. The topological polar surface area (TPSA) is 76.2 Å².